The third-order valence-corrected chi connectivity index (χ3v) is 1.95. The monoisotopic (exact) mass is 151 g/mol. The normalized spacial score (nSPS) is 21.4. The van der Waals surface area contributed by atoms with Crippen molar-refractivity contribution in [3.05, 3.63) is 24.6 Å². The molecule has 0 aromatic heterocycles. The fourth-order valence-corrected chi connectivity index (χ4v) is 1.01. The second-order valence-corrected chi connectivity index (χ2v) is 3.99. The lowest BCUT2D eigenvalue weighted by Crippen LogP contribution is -2.23. The molecule has 1 rings (SSSR count). The second kappa shape index (κ2) is 2.72. The maximum Gasteiger partial charge on any atom is 0.0273 e. The molecule has 0 radical (unpaired) electrons. The van der Waals surface area contributed by atoms with Gasteiger partial charge in [0.15, 0.2) is 0 Å². The summed E-state index contributed by atoms with van der Waals surface area (Å²) in [5.41, 5.74) is 0.241. The molecule has 62 valence electrons. The number of hydrogen-bond donors (Lipinski definition) is 0. The van der Waals surface area contributed by atoms with Crippen LogP contribution in [0.5, 0.6) is 0 Å². The van der Waals surface area contributed by atoms with E-state index in [1.165, 1.54) is 0 Å². The molecule has 1 aliphatic heterocycles. The van der Waals surface area contributed by atoms with Crippen molar-refractivity contribution in [2.45, 2.75) is 33.7 Å². The molecule has 1 nitrogen and oxygen atoms in total. The van der Waals surface area contributed by atoms with Gasteiger partial charge in [-0.25, -0.2) is 0 Å². The number of hydrogen-bond acceptors (Lipinski definition) is 1. The van der Waals surface area contributed by atoms with Gasteiger partial charge < -0.3 is 4.90 Å². The van der Waals surface area contributed by atoms with Crippen LogP contribution in [-0.4, -0.2) is 10.9 Å². The summed E-state index contributed by atoms with van der Waals surface area (Å²) in [7, 11) is 0. The van der Waals surface area contributed by atoms with Crippen LogP contribution in [-0.2, 0) is 0 Å². The average Bonchev–Trinajstić information content (AvgIpc) is 1.86. The fourth-order valence-electron chi connectivity index (χ4n) is 1.01. The van der Waals surface area contributed by atoms with Gasteiger partial charge in [0.25, 0.3) is 0 Å². The lowest BCUT2D eigenvalue weighted by Gasteiger charge is -2.28. The second-order valence-electron chi connectivity index (χ2n) is 3.99. The van der Waals surface area contributed by atoms with E-state index in [0.717, 1.165) is 0 Å². The fraction of sp³-hybridized carbons (Fsp3) is 0.600. The van der Waals surface area contributed by atoms with Gasteiger partial charge in [0.2, 0.25) is 0 Å². The molecule has 1 aliphatic rings. The Labute approximate surface area is 69.4 Å². The molecular weight excluding hydrogens is 134 g/mol. The van der Waals surface area contributed by atoms with Crippen molar-refractivity contribution in [1.82, 2.24) is 4.90 Å². The molecule has 0 unspecified atom stereocenters. The Kier molecular flexibility index (Phi) is 2.08. The SMILES string of the molecule is CC(C)N1C=CC(C)(C)C=C1. The zero-order valence-corrected chi connectivity index (χ0v) is 7.83. The molecule has 0 aromatic carbocycles. The van der Waals surface area contributed by atoms with E-state index in [4.69, 9.17) is 0 Å². The maximum atomic E-state index is 2.23. The van der Waals surface area contributed by atoms with E-state index in [9.17, 15) is 0 Å². The molecule has 11 heavy (non-hydrogen) atoms. The van der Waals surface area contributed by atoms with Gasteiger partial charge in [0.05, 0.1) is 0 Å². The van der Waals surface area contributed by atoms with Gasteiger partial charge in [-0.15, -0.1) is 0 Å². The summed E-state index contributed by atoms with van der Waals surface area (Å²) < 4.78 is 0. The van der Waals surface area contributed by atoms with Crippen LogP contribution in [0.1, 0.15) is 27.7 Å². The van der Waals surface area contributed by atoms with Crippen molar-refractivity contribution >= 4 is 0 Å². The molecule has 0 fully saturated rings. The summed E-state index contributed by atoms with van der Waals surface area (Å²) >= 11 is 0. The van der Waals surface area contributed by atoms with Gasteiger partial charge >= 0.3 is 0 Å². The van der Waals surface area contributed by atoms with Gasteiger partial charge in [-0.1, -0.05) is 26.0 Å². The highest BCUT2D eigenvalue weighted by Crippen LogP contribution is 2.23. The predicted molar refractivity (Wildman–Crippen MR) is 49.0 cm³/mol. The third kappa shape index (κ3) is 2.11. The summed E-state index contributed by atoms with van der Waals surface area (Å²) in [4.78, 5) is 2.21. The molecule has 0 spiro atoms. The highest BCUT2D eigenvalue weighted by atomic mass is 15.1. The molecule has 0 atom stereocenters. The first-order chi connectivity index (χ1) is 5.01. The lowest BCUT2D eigenvalue weighted by atomic mass is 9.92. The Balaban J connectivity index is 2.65. The number of rotatable bonds is 1. The molecule has 0 saturated heterocycles. The van der Waals surface area contributed by atoms with Crippen molar-refractivity contribution in [2.75, 3.05) is 0 Å². The Morgan fingerprint density at radius 1 is 1.09 bits per heavy atom. The highest BCUT2D eigenvalue weighted by Gasteiger charge is 2.14. The molecule has 1 heterocycles. The summed E-state index contributed by atoms with van der Waals surface area (Å²) in [5.74, 6) is 0. The van der Waals surface area contributed by atoms with Gasteiger partial charge in [-0.2, -0.15) is 0 Å². The average molecular weight is 151 g/mol. The van der Waals surface area contributed by atoms with Crippen molar-refractivity contribution in [3.8, 4) is 0 Å². The number of nitrogens with zero attached hydrogens (tertiary/aromatic N) is 1. The van der Waals surface area contributed by atoms with E-state index in [2.05, 4.69) is 57.1 Å². The highest BCUT2D eigenvalue weighted by molar-refractivity contribution is 5.13. The van der Waals surface area contributed by atoms with Crippen molar-refractivity contribution < 1.29 is 0 Å². The topological polar surface area (TPSA) is 3.24 Å². The zero-order valence-electron chi connectivity index (χ0n) is 7.83. The van der Waals surface area contributed by atoms with Crippen molar-refractivity contribution in [3.63, 3.8) is 0 Å². The van der Waals surface area contributed by atoms with E-state index in [-0.39, 0.29) is 5.41 Å². The van der Waals surface area contributed by atoms with E-state index >= 15 is 0 Å². The summed E-state index contributed by atoms with van der Waals surface area (Å²) in [5, 5.41) is 0. The van der Waals surface area contributed by atoms with Crippen LogP contribution in [0.25, 0.3) is 0 Å². The van der Waals surface area contributed by atoms with Crippen molar-refractivity contribution in [1.29, 1.82) is 0 Å². The Bertz CT molecular complexity index is 171. The summed E-state index contributed by atoms with van der Waals surface area (Å²) in [6.45, 7) is 8.79. The quantitative estimate of drug-likeness (QED) is 0.557. The predicted octanol–water partition coefficient (Wildman–Crippen LogP) is 2.76. The molecule has 0 bridgehead atoms. The van der Waals surface area contributed by atoms with Crippen LogP contribution in [0, 0.1) is 5.41 Å². The molecule has 1 heteroatoms. The van der Waals surface area contributed by atoms with Crippen LogP contribution in [0.15, 0.2) is 24.6 Å². The van der Waals surface area contributed by atoms with E-state index < -0.39 is 0 Å². The summed E-state index contributed by atoms with van der Waals surface area (Å²) in [6.07, 6.45) is 8.77. The lowest BCUT2D eigenvalue weighted by molar-refractivity contribution is 0.392. The van der Waals surface area contributed by atoms with Gasteiger partial charge in [0, 0.05) is 23.9 Å². The van der Waals surface area contributed by atoms with Gasteiger partial charge in [-0.3, -0.25) is 0 Å². The van der Waals surface area contributed by atoms with Crippen molar-refractivity contribution in [2.24, 2.45) is 5.41 Å². The summed E-state index contributed by atoms with van der Waals surface area (Å²) in [6, 6.07) is 0.568. The standard InChI is InChI=1S/C10H17N/c1-9(2)11-7-5-10(3,4)6-8-11/h5-9H,1-4H3. The van der Waals surface area contributed by atoms with E-state index in [1.807, 2.05) is 0 Å². The molecule has 0 N–H and O–H groups in total. The molecule has 0 aliphatic carbocycles. The number of allylic oxidation sites excluding steroid dienone is 2. The molecule has 0 aromatic rings. The van der Waals surface area contributed by atoms with Crippen LogP contribution in [0.4, 0.5) is 0 Å². The van der Waals surface area contributed by atoms with Gasteiger partial charge in [-0.05, 0) is 13.8 Å². The Hall–Kier alpha value is -0.720. The minimum atomic E-state index is 0.241. The van der Waals surface area contributed by atoms with Crippen LogP contribution < -0.4 is 0 Å². The smallest absolute Gasteiger partial charge is 0.0273 e. The first kappa shape index (κ1) is 8.38. The largest absolute Gasteiger partial charge is 0.352 e. The third-order valence-electron chi connectivity index (χ3n) is 1.95. The van der Waals surface area contributed by atoms with E-state index in [1.54, 1.807) is 0 Å². The van der Waals surface area contributed by atoms with E-state index in [0.29, 0.717) is 6.04 Å². The Morgan fingerprint density at radius 3 is 1.91 bits per heavy atom. The minimum Gasteiger partial charge on any atom is -0.352 e. The maximum absolute atomic E-state index is 2.23. The van der Waals surface area contributed by atoms with Crippen LogP contribution >= 0.6 is 0 Å². The minimum absolute atomic E-state index is 0.241. The Morgan fingerprint density at radius 2 is 1.55 bits per heavy atom. The van der Waals surface area contributed by atoms with Crippen LogP contribution in [0.3, 0.4) is 0 Å². The van der Waals surface area contributed by atoms with Crippen LogP contribution in [0.2, 0.25) is 0 Å². The molecular formula is C10H17N. The first-order valence-corrected chi connectivity index (χ1v) is 4.17. The van der Waals surface area contributed by atoms with Gasteiger partial charge in [0.1, 0.15) is 0 Å². The molecule has 0 amide bonds. The first-order valence-electron chi connectivity index (χ1n) is 4.17. The molecule has 0 saturated carbocycles. The zero-order chi connectivity index (χ0) is 8.48.